The van der Waals surface area contributed by atoms with Crippen molar-refractivity contribution in [1.29, 1.82) is 0 Å². The SMILES string of the molecule is CC(C)OCC(=O)Nc1ccc([N+](=O)[O-])c(Cl)c1. The fourth-order valence-electron chi connectivity index (χ4n) is 1.17. The molecule has 1 rings (SSSR count). The molecule has 0 aliphatic carbocycles. The number of ether oxygens (including phenoxy) is 1. The van der Waals surface area contributed by atoms with E-state index in [1.807, 2.05) is 13.8 Å². The summed E-state index contributed by atoms with van der Waals surface area (Å²) in [6, 6.07) is 3.98. The molecule has 0 aliphatic heterocycles. The van der Waals surface area contributed by atoms with E-state index in [1.165, 1.54) is 18.2 Å². The summed E-state index contributed by atoms with van der Waals surface area (Å²) >= 11 is 5.71. The van der Waals surface area contributed by atoms with Crippen LogP contribution in [0.15, 0.2) is 18.2 Å². The van der Waals surface area contributed by atoms with Gasteiger partial charge in [-0.1, -0.05) is 11.6 Å². The van der Waals surface area contributed by atoms with Crippen molar-refractivity contribution in [3.05, 3.63) is 33.3 Å². The Balaban J connectivity index is 2.66. The van der Waals surface area contributed by atoms with Crippen molar-refractivity contribution in [2.45, 2.75) is 20.0 Å². The van der Waals surface area contributed by atoms with Gasteiger partial charge in [-0.3, -0.25) is 14.9 Å². The monoisotopic (exact) mass is 272 g/mol. The zero-order valence-corrected chi connectivity index (χ0v) is 10.7. The number of carbonyl (C=O) groups is 1. The van der Waals surface area contributed by atoms with Crippen LogP contribution < -0.4 is 5.32 Å². The Morgan fingerprint density at radius 2 is 2.22 bits per heavy atom. The van der Waals surface area contributed by atoms with Gasteiger partial charge in [-0.25, -0.2) is 0 Å². The molecule has 7 heteroatoms. The highest BCUT2D eigenvalue weighted by atomic mass is 35.5. The number of hydrogen-bond acceptors (Lipinski definition) is 4. The molecule has 0 saturated carbocycles. The maximum Gasteiger partial charge on any atom is 0.288 e. The van der Waals surface area contributed by atoms with E-state index in [4.69, 9.17) is 16.3 Å². The Kier molecular flexibility index (Phi) is 5.06. The molecule has 0 saturated heterocycles. The van der Waals surface area contributed by atoms with Crippen molar-refractivity contribution in [1.82, 2.24) is 0 Å². The van der Waals surface area contributed by atoms with E-state index in [-0.39, 0.29) is 29.3 Å². The minimum absolute atomic E-state index is 0.0254. The van der Waals surface area contributed by atoms with Crippen molar-refractivity contribution in [3.8, 4) is 0 Å². The normalized spacial score (nSPS) is 10.4. The largest absolute Gasteiger partial charge is 0.369 e. The molecule has 0 heterocycles. The molecule has 0 aromatic heterocycles. The van der Waals surface area contributed by atoms with Crippen molar-refractivity contribution in [3.63, 3.8) is 0 Å². The van der Waals surface area contributed by atoms with Crippen LogP contribution in [0.25, 0.3) is 0 Å². The molecule has 0 unspecified atom stereocenters. The van der Waals surface area contributed by atoms with E-state index in [0.717, 1.165) is 0 Å². The number of nitro benzene ring substituents is 1. The zero-order chi connectivity index (χ0) is 13.7. The van der Waals surface area contributed by atoms with Crippen molar-refractivity contribution in [2.75, 3.05) is 11.9 Å². The first-order valence-corrected chi connectivity index (χ1v) is 5.63. The van der Waals surface area contributed by atoms with Gasteiger partial charge in [0.05, 0.1) is 11.0 Å². The lowest BCUT2D eigenvalue weighted by Gasteiger charge is -2.08. The first kappa shape index (κ1) is 14.4. The van der Waals surface area contributed by atoms with Gasteiger partial charge in [-0.15, -0.1) is 0 Å². The predicted octanol–water partition coefficient (Wildman–Crippen LogP) is 2.61. The van der Waals surface area contributed by atoms with Gasteiger partial charge in [0.15, 0.2) is 0 Å². The van der Waals surface area contributed by atoms with Crippen LogP contribution in [0, 0.1) is 10.1 Å². The van der Waals surface area contributed by atoms with Crippen LogP contribution in [-0.2, 0) is 9.53 Å². The maximum atomic E-state index is 11.4. The lowest BCUT2D eigenvalue weighted by Crippen LogP contribution is -2.20. The molecule has 1 N–H and O–H groups in total. The van der Waals surface area contributed by atoms with Gasteiger partial charge < -0.3 is 10.1 Å². The summed E-state index contributed by atoms with van der Waals surface area (Å²) in [6.07, 6.45) is -0.0452. The fraction of sp³-hybridized carbons (Fsp3) is 0.364. The molecule has 0 aliphatic rings. The number of nitrogens with one attached hydrogen (secondary N) is 1. The molecular formula is C11H13ClN2O4. The summed E-state index contributed by atoms with van der Waals surface area (Å²) in [5.74, 6) is -0.339. The summed E-state index contributed by atoms with van der Waals surface area (Å²) in [4.78, 5) is 21.4. The van der Waals surface area contributed by atoms with Gasteiger partial charge in [0.25, 0.3) is 5.69 Å². The molecule has 0 bridgehead atoms. The van der Waals surface area contributed by atoms with E-state index >= 15 is 0 Å². The third-order valence-electron chi connectivity index (χ3n) is 1.98. The summed E-state index contributed by atoms with van der Waals surface area (Å²) in [5, 5.41) is 13.1. The average molecular weight is 273 g/mol. The van der Waals surface area contributed by atoms with Crippen LogP contribution in [0.3, 0.4) is 0 Å². The van der Waals surface area contributed by atoms with Gasteiger partial charge in [0, 0.05) is 11.8 Å². The summed E-state index contributed by atoms with van der Waals surface area (Å²) < 4.78 is 5.11. The predicted molar refractivity (Wildman–Crippen MR) is 67.8 cm³/mol. The van der Waals surface area contributed by atoms with Crippen LogP contribution in [0.4, 0.5) is 11.4 Å². The summed E-state index contributed by atoms with van der Waals surface area (Å²) in [5.41, 5.74) is 0.191. The number of benzene rings is 1. The molecule has 0 spiro atoms. The average Bonchev–Trinajstić information content (AvgIpc) is 2.26. The Labute approximate surface area is 109 Å². The zero-order valence-electron chi connectivity index (χ0n) is 9.97. The summed E-state index contributed by atoms with van der Waals surface area (Å²) in [7, 11) is 0. The number of amides is 1. The molecule has 1 aromatic rings. The molecule has 1 aromatic carbocycles. The number of anilines is 1. The number of halogens is 1. The van der Waals surface area contributed by atoms with E-state index in [9.17, 15) is 14.9 Å². The molecule has 1 amide bonds. The number of nitro groups is 1. The second-order valence-corrected chi connectivity index (χ2v) is 4.24. The van der Waals surface area contributed by atoms with Gasteiger partial charge in [0.2, 0.25) is 5.91 Å². The molecule has 18 heavy (non-hydrogen) atoms. The van der Waals surface area contributed by atoms with Crippen molar-refractivity contribution in [2.24, 2.45) is 0 Å². The van der Waals surface area contributed by atoms with Crippen LogP contribution in [0.1, 0.15) is 13.8 Å². The highest BCUT2D eigenvalue weighted by Gasteiger charge is 2.13. The first-order chi connectivity index (χ1) is 8.40. The minimum Gasteiger partial charge on any atom is -0.369 e. The molecule has 0 atom stereocenters. The Morgan fingerprint density at radius 3 is 2.72 bits per heavy atom. The van der Waals surface area contributed by atoms with Gasteiger partial charge in [-0.05, 0) is 26.0 Å². The molecule has 98 valence electrons. The van der Waals surface area contributed by atoms with Crippen molar-refractivity contribution < 1.29 is 14.5 Å². The van der Waals surface area contributed by atoms with Crippen LogP contribution >= 0.6 is 11.6 Å². The van der Waals surface area contributed by atoms with Crippen LogP contribution in [0.2, 0.25) is 5.02 Å². The van der Waals surface area contributed by atoms with E-state index in [2.05, 4.69) is 5.32 Å². The van der Waals surface area contributed by atoms with Crippen LogP contribution in [0.5, 0.6) is 0 Å². The Bertz CT molecular complexity index is 462. The van der Waals surface area contributed by atoms with Gasteiger partial charge in [0.1, 0.15) is 11.6 Å². The highest BCUT2D eigenvalue weighted by Crippen LogP contribution is 2.27. The molecule has 6 nitrogen and oxygen atoms in total. The second-order valence-electron chi connectivity index (χ2n) is 3.83. The van der Waals surface area contributed by atoms with E-state index < -0.39 is 4.92 Å². The number of nitrogens with zero attached hydrogens (tertiary/aromatic N) is 1. The number of carbonyl (C=O) groups excluding carboxylic acids is 1. The standard InChI is InChI=1S/C11H13ClN2O4/c1-7(2)18-6-11(15)13-8-3-4-10(14(16)17)9(12)5-8/h3-5,7H,6H2,1-2H3,(H,13,15). The molecule has 0 fully saturated rings. The topological polar surface area (TPSA) is 81.5 Å². The number of hydrogen-bond donors (Lipinski definition) is 1. The third kappa shape index (κ3) is 4.31. The number of rotatable bonds is 5. The van der Waals surface area contributed by atoms with Gasteiger partial charge in [-0.2, -0.15) is 0 Å². The summed E-state index contributed by atoms with van der Waals surface area (Å²) in [6.45, 7) is 3.55. The van der Waals surface area contributed by atoms with Crippen LogP contribution in [-0.4, -0.2) is 23.5 Å². The van der Waals surface area contributed by atoms with Gasteiger partial charge >= 0.3 is 0 Å². The van der Waals surface area contributed by atoms with E-state index in [1.54, 1.807) is 0 Å². The highest BCUT2D eigenvalue weighted by molar-refractivity contribution is 6.33. The smallest absolute Gasteiger partial charge is 0.288 e. The Hall–Kier alpha value is -1.66. The minimum atomic E-state index is -0.587. The quantitative estimate of drug-likeness (QED) is 0.660. The van der Waals surface area contributed by atoms with Crippen molar-refractivity contribution >= 4 is 28.9 Å². The second kappa shape index (κ2) is 6.32. The molecular weight excluding hydrogens is 260 g/mol. The Morgan fingerprint density at radius 1 is 1.56 bits per heavy atom. The fourth-order valence-corrected chi connectivity index (χ4v) is 1.42. The first-order valence-electron chi connectivity index (χ1n) is 5.25. The van der Waals surface area contributed by atoms with E-state index in [0.29, 0.717) is 5.69 Å². The third-order valence-corrected chi connectivity index (χ3v) is 2.28. The lowest BCUT2D eigenvalue weighted by atomic mass is 10.3. The lowest BCUT2D eigenvalue weighted by molar-refractivity contribution is -0.384. The maximum absolute atomic E-state index is 11.4. The molecule has 0 radical (unpaired) electrons.